The minimum Gasteiger partial charge on any atom is -0.304 e. The molecule has 3 rings (SSSR count). The second-order valence-corrected chi connectivity index (χ2v) is 6.02. The molecule has 0 aliphatic rings. The van der Waals surface area contributed by atoms with E-state index < -0.39 is 0 Å². The molecule has 108 valence electrons. The number of hydrogen-bond donors (Lipinski definition) is 0. The Morgan fingerprint density at radius 3 is 2.62 bits per heavy atom. The number of pyridine rings is 1. The summed E-state index contributed by atoms with van der Waals surface area (Å²) in [5.74, 6) is 0. The van der Waals surface area contributed by atoms with Crippen molar-refractivity contribution in [3.8, 4) is 11.3 Å². The molecule has 0 saturated heterocycles. The molecule has 3 nitrogen and oxygen atoms in total. The molecular formula is C16H15Cl2N3. The first kappa shape index (κ1) is 14.4. The Morgan fingerprint density at radius 2 is 1.90 bits per heavy atom. The second kappa shape index (κ2) is 5.68. The van der Waals surface area contributed by atoms with Gasteiger partial charge in [-0.1, -0.05) is 35.3 Å². The van der Waals surface area contributed by atoms with Crippen LogP contribution in [0.3, 0.4) is 0 Å². The van der Waals surface area contributed by atoms with Crippen LogP contribution in [0, 0.1) is 0 Å². The van der Waals surface area contributed by atoms with Crippen LogP contribution in [0.2, 0.25) is 10.0 Å². The average molecular weight is 320 g/mol. The van der Waals surface area contributed by atoms with Crippen LogP contribution < -0.4 is 0 Å². The Hall–Kier alpha value is -1.55. The normalized spacial score (nSPS) is 11.5. The molecule has 0 saturated carbocycles. The van der Waals surface area contributed by atoms with Crippen molar-refractivity contribution in [1.82, 2.24) is 14.3 Å². The number of imidazole rings is 1. The van der Waals surface area contributed by atoms with Gasteiger partial charge >= 0.3 is 0 Å². The van der Waals surface area contributed by atoms with Gasteiger partial charge in [-0.15, -0.1) is 0 Å². The molecule has 2 aromatic heterocycles. The van der Waals surface area contributed by atoms with Crippen LogP contribution >= 0.6 is 23.2 Å². The van der Waals surface area contributed by atoms with Crippen LogP contribution in [0.4, 0.5) is 0 Å². The Bertz CT molecular complexity index is 793. The molecule has 2 heterocycles. The Kier molecular flexibility index (Phi) is 3.89. The van der Waals surface area contributed by atoms with Crippen molar-refractivity contribution < 1.29 is 0 Å². The monoisotopic (exact) mass is 319 g/mol. The van der Waals surface area contributed by atoms with Crippen molar-refractivity contribution in [2.75, 3.05) is 14.1 Å². The van der Waals surface area contributed by atoms with E-state index in [0.29, 0.717) is 10.0 Å². The highest BCUT2D eigenvalue weighted by molar-refractivity contribution is 6.42. The van der Waals surface area contributed by atoms with Crippen molar-refractivity contribution >= 4 is 28.8 Å². The number of hydrogen-bond acceptors (Lipinski definition) is 2. The van der Waals surface area contributed by atoms with E-state index in [9.17, 15) is 0 Å². The lowest BCUT2D eigenvalue weighted by molar-refractivity contribution is 0.396. The molecule has 0 aliphatic carbocycles. The van der Waals surface area contributed by atoms with Crippen LogP contribution in [0.15, 0.2) is 42.6 Å². The number of rotatable bonds is 3. The number of nitrogens with zero attached hydrogens (tertiary/aromatic N) is 3. The quantitative estimate of drug-likeness (QED) is 0.714. The van der Waals surface area contributed by atoms with E-state index in [-0.39, 0.29) is 0 Å². The first-order chi connectivity index (χ1) is 10.1. The third-order valence-corrected chi connectivity index (χ3v) is 4.03. The second-order valence-electron chi connectivity index (χ2n) is 5.20. The van der Waals surface area contributed by atoms with Gasteiger partial charge in [-0.05, 0) is 38.4 Å². The van der Waals surface area contributed by atoms with Crippen molar-refractivity contribution in [2.24, 2.45) is 0 Å². The molecule has 0 aliphatic heterocycles. The standard InChI is InChI=1S/C16H15Cl2N3/c1-20(2)10-14-16(11-6-7-12(17)13(18)9-11)19-15-5-3-4-8-21(14)15/h3-9H,10H2,1-2H3. The lowest BCUT2D eigenvalue weighted by Crippen LogP contribution is -2.13. The summed E-state index contributed by atoms with van der Waals surface area (Å²) in [5.41, 5.74) is 3.97. The number of aromatic nitrogens is 2. The van der Waals surface area contributed by atoms with E-state index in [2.05, 4.69) is 9.30 Å². The molecule has 0 radical (unpaired) electrons. The maximum atomic E-state index is 6.14. The maximum Gasteiger partial charge on any atom is 0.137 e. The minimum absolute atomic E-state index is 0.544. The van der Waals surface area contributed by atoms with Gasteiger partial charge in [0.2, 0.25) is 0 Å². The molecular weight excluding hydrogens is 305 g/mol. The van der Waals surface area contributed by atoms with Crippen molar-refractivity contribution in [2.45, 2.75) is 6.54 Å². The Morgan fingerprint density at radius 1 is 1.10 bits per heavy atom. The Balaban J connectivity index is 2.22. The summed E-state index contributed by atoms with van der Waals surface area (Å²) in [6.07, 6.45) is 2.03. The summed E-state index contributed by atoms with van der Waals surface area (Å²) in [7, 11) is 4.09. The molecule has 1 aromatic carbocycles. The zero-order valence-corrected chi connectivity index (χ0v) is 13.4. The molecule has 5 heteroatoms. The fourth-order valence-electron chi connectivity index (χ4n) is 2.37. The lowest BCUT2D eigenvalue weighted by atomic mass is 10.1. The summed E-state index contributed by atoms with van der Waals surface area (Å²) in [4.78, 5) is 6.86. The molecule has 3 aromatic rings. The van der Waals surface area contributed by atoms with E-state index in [4.69, 9.17) is 28.2 Å². The largest absolute Gasteiger partial charge is 0.304 e. The van der Waals surface area contributed by atoms with E-state index in [1.54, 1.807) is 0 Å². The minimum atomic E-state index is 0.544. The highest BCUT2D eigenvalue weighted by atomic mass is 35.5. The molecule has 0 unspecified atom stereocenters. The van der Waals surface area contributed by atoms with Gasteiger partial charge in [0.25, 0.3) is 0 Å². The zero-order chi connectivity index (χ0) is 15.0. The zero-order valence-electron chi connectivity index (χ0n) is 11.8. The topological polar surface area (TPSA) is 20.5 Å². The van der Waals surface area contributed by atoms with E-state index >= 15 is 0 Å². The summed E-state index contributed by atoms with van der Waals surface area (Å²) >= 11 is 12.1. The molecule has 21 heavy (non-hydrogen) atoms. The molecule has 0 N–H and O–H groups in total. The number of fused-ring (bicyclic) bond motifs is 1. The SMILES string of the molecule is CN(C)Cc1c(-c2ccc(Cl)c(Cl)c2)nc2ccccn12. The third-order valence-electron chi connectivity index (χ3n) is 3.29. The molecule has 0 spiro atoms. The van der Waals surface area contributed by atoms with E-state index in [0.717, 1.165) is 29.1 Å². The summed E-state index contributed by atoms with van der Waals surface area (Å²) in [6.45, 7) is 0.792. The van der Waals surface area contributed by atoms with Gasteiger partial charge in [0, 0.05) is 18.3 Å². The Labute approximate surface area is 133 Å². The smallest absolute Gasteiger partial charge is 0.137 e. The first-order valence-electron chi connectivity index (χ1n) is 6.62. The molecule has 0 fully saturated rings. The van der Waals surface area contributed by atoms with Crippen LogP contribution in [-0.2, 0) is 6.54 Å². The van der Waals surface area contributed by atoms with Gasteiger partial charge in [-0.25, -0.2) is 4.98 Å². The van der Waals surface area contributed by atoms with Gasteiger partial charge in [0.1, 0.15) is 5.65 Å². The third kappa shape index (κ3) is 2.77. The van der Waals surface area contributed by atoms with Gasteiger partial charge in [-0.2, -0.15) is 0 Å². The predicted molar refractivity (Wildman–Crippen MR) is 88.0 cm³/mol. The fraction of sp³-hybridized carbons (Fsp3) is 0.188. The van der Waals surface area contributed by atoms with Gasteiger partial charge in [-0.3, -0.25) is 0 Å². The van der Waals surface area contributed by atoms with E-state index in [1.807, 2.05) is 56.7 Å². The van der Waals surface area contributed by atoms with Crippen LogP contribution in [0.1, 0.15) is 5.69 Å². The first-order valence-corrected chi connectivity index (χ1v) is 7.38. The van der Waals surface area contributed by atoms with Crippen LogP contribution in [0.25, 0.3) is 16.9 Å². The van der Waals surface area contributed by atoms with Crippen molar-refractivity contribution in [1.29, 1.82) is 0 Å². The van der Waals surface area contributed by atoms with Gasteiger partial charge < -0.3 is 9.30 Å². The van der Waals surface area contributed by atoms with Crippen LogP contribution in [-0.4, -0.2) is 28.4 Å². The summed E-state index contributed by atoms with van der Waals surface area (Å²) in [6, 6.07) is 11.6. The van der Waals surface area contributed by atoms with Crippen molar-refractivity contribution in [3.63, 3.8) is 0 Å². The fourth-order valence-corrected chi connectivity index (χ4v) is 2.67. The average Bonchev–Trinajstić information content (AvgIpc) is 2.80. The van der Waals surface area contributed by atoms with Crippen molar-refractivity contribution in [3.05, 3.63) is 58.3 Å². The predicted octanol–water partition coefficient (Wildman–Crippen LogP) is 4.37. The molecule has 0 atom stereocenters. The maximum absolute atomic E-state index is 6.14. The summed E-state index contributed by atoms with van der Waals surface area (Å²) < 4.78 is 2.11. The molecule has 0 amide bonds. The highest BCUT2D eigenvalue weighted by Crippen LogP contribution is 2.30. The molecule has 0 bridgehead atoms. The highest BCUT2D eigenvalue weighted by Gasteiger charge is 2.15. The number of benzene rings is 1. The number of halogens is 2. The van der Waals surface area contributed by atoms with Gasteiger partial charge in [0.15, 0.2) is 0 Å². The summed E-state index contributed by atoms with van der Waals surface area (Å²) in [5, 5.41) is 1.10. The lowest BCUT2D eigenvalue weighted by Gasteiger charge is -2.11. The van der Waals surface area contributed by atoms with E-state index in [1.165, 1.54) is 0 Å². The van der Waals surface area contributed by atoms with Gasteiger partial charge in [0.05, 0.1) is 21.4 Å². The van der Waals surface area contributed by atoms with Crippen LogP contribution in [0.5, 0.6) is 0 Å².